The summed E-state index contributed by atoms with van der Waals surface area (Å²) in [6, 6.07) is 5.21. The van der Waals surface area contributed by atoms with Gasteiger partial charge < -0.3 is 9.88 Å². The first-order valence-electron chi connectivity index (χ1n) is 6.36. The molecule has 108 valence electrons. The Labute approximate surface area is 115 Å². The van der Waals surface area contributed by atoms with Crippen LogP contribution in [-0.2, 0) is 19.3 Å². The van der Waals surface area contributed by atoms with E-state index in [2.05, 4.69) is 10.3 Å². The molecule has 0 unspecified atom stereocenters. The summed E-state index contributed by atoms with van der Waals surface area (Å²) in [6.07, 6.45) is -0.846. The fourth-order valence-electron chi connectivity index (χ4n) is 1.89. The Morgan fingerprint density at radius 3 is 2.50 bits per heavy atom. The SMILES string of the molecule is CCNCc1cncn1Cc1ccc(C(F)(F)F)cc1. The third kappa shape index (κ3) is 3.60. The van der Waals surface area contributed by atoms with Crippen molar-refractivity contribution < 1.29 is 13.2 Å². The lowest BCUT2D eigenvalue weighted by molar-refractivity contribution is -0.137. The minimum Gasteiger partial charge on any atom is -0.329 e. The number of imidazole rings is 1. The van der Waals surface area contributed by atoms with E-state index in [1.54, 1.807) is 12.5 Å². The van der Waals surface area contributed by atoms with Crippen molar-refractivity contribution >= 4 is 0 Å². The molecule has 20 heavy (non-hydrogen) atoms. The van der Waals surface area contributed by atoms with Crippen molar-refractivity contribution in [2.45, 2.75) is 26.2 Å². The van der Waals surface area contributed by atoms with E-state index in [9.17, 15) is 13.2 Å². The summed E-state index contributed by atoms with van der Waals surface area (Å²) >= 11 is 0. The molecule has 0 fully saturated rings. The maximum Gasteiger partial charge on any atom is 0.416 e. The number of nitrogens with one attached hydrogen (secondary N) is 1. The van der Waals surface area contributed by atoms with E-state index in [1.807, 2.05) is 11.5 Å². The van der Waals surface area contributed by atoms with Gasteiger partial charge in [-0.05, 0) is 24.2 Å². The Morgan fingerprint density at radius 1 is 1.20 bits per heavy atom. The number of halogens is 3. The average molecular weight is 283 g/mol. The highest BCUT2D eigenvalue weighted by molar-refractivity contribution is 5.25. The molecule has 0 atom stereocenters. The van der Waals surface area contributed by atoms with Gasteiger partial charge in [0.1, 0.15) is 0 Å². The van der Waals surface area contributed by atoms with Gasteiger partial charge in [-0.3, -0.25) is 0 Å². The van der Waals surface area contributed by atoms with E-state index in [4.69, 9.17) is 0 Å². The topological polar surface area (TPSA) is 29.9 Å². The van der Waals surface area contributed by atoms with Gasteiger partial charge in [0.2, 0.25) is 0 Å². The van der Waals surface area contributed by atoms with Gasteiger partial charge in [-0.2, -0.15) is 13.2 Å². The fraction of sp³-hybridized carbons (Fsp3) is 0.357. The van der Waals surface area contributed by atoms with Crippen LogP contribution in [0.4, 0.5) is 13.2 Å². The van der Waals surface area contributed by atoms with Crippen molar-refractivity contribution in [2.24, 2.45) is 0 Å². The second kappa shape index (κ2) is 6.09. The van der Waals surface area contributed by atoms with Crippen LogP contribution in [0.3, 0.4) is 0 Å². The molecule has 0 aliphatic heterocycles. The molecule has 0 amide bonds. The number of hydrogen-bond acceptors (Lipinski definition) is 2. The minimum atomic E-state index is -4.29. The molecular formula is C14H16F3N3. The number of alkyl halides is 3. The van der Waals surface area contributed by atoms with Crippen molar-refractivity contribution in [3.8, 4) is 0 Å². The number of nitrogens with zero attached hydrogens (tertiary/aromatic N) is 2. The molecule has 0 aliphatic carbocycles. The molecule has 2 rings (SSSR count). The van der Waals surface area contributed by atoms with E-state index in [-0.39, 0.29) is 0 Å². The molecule has 1 aromatic heterocycles. The van der Waals surface area contributed by atoms with E-state index >= 15 is 0 Å². The van der Waals surface area contributed by atoms with Crippen LogP contribution >= 0.6 is 0 Å². The summed E-state index contributed by atoms with van der Waals surface area (Å²) in [4.78, 5) is 4.07. The van der Waals surface area contributed by atoms with Gasteiger partial charge in [-0.25, -0.2) is 4.98 Å². The summed E-state index contributed by atoms with van der Waals surface area (Å²) < 4.78 is 39.4. The maximum atomic E-state index is 12.5. The lowest BCUT2D eigenvalue weighted by atomic mass is 10.1. The Balaban J connectivity index is 2.09. The Hall–Kier alpha value is -1.82. The zero-order valence-electron chi connectivity index (χ0n) is 11.1. The lowest BCUT2D eigenvalue weighted by Crippen LogP contribution is -2.15. The Bertz CT molecular complexity index is 544. The van der Waals surface area contributed by atoms with Gasteiger partial charge in [0.25, 0.3) is 0 Å². The molecule has 0 saturated carbocycles. The molecule has 1 N–H and O–H groups in total. The van der Waals surface area contributed by atoms with Gasteiger partial charge in [0.05, 0.1) is 17.6 Å². The van der Waals surface area contributed by atoms with Crippen LogP contribution in [0, 0.1) is 0 Å². The lowest BCUT2D eigenvalue weighted by Gasteiger charge is -2.10. The van der Waals surface area contributed by atoms with Gasteiger partial charge in [0.15, 0.2) is 0 Å². The zero-order valence-corrected chi connectivity index (χ0v) is 11.1. The molecular weight excluding hydrogens is 267 g/mol. The number of aromatic nitrogens is 2. The number of hydrogen-bond donors (Lipinski definition) is 1. The van der Waals surface area contributed by atoms with E-state index < -0.39 is 11.7 Å². The highest BCUT2D eigenvalue weighted by atomic mass is 19.4. The Morgan fingerprint density at radius 2 is 1.90 bits per heavy atom. The highest BCUT2D eigenvalue weighted by Gasteiger charge is 2.29. The first kappa shape index (κ1) is 14.6. The summed E-state index contributed by atoms with van der Waals surface area (Å²) in [5.41, 5.74) is 1.19. The molecule has 2 aromatic rings. The second-order valence-corrected chi connectivity index (χ2v) is 4.49. The predicted molar refractivity (Wildman–Crippen MR) is 70.2 cm³/mol. The maximum absolute atomic E-state index is 12.5. The minimum absolute atomic E-state index is 0.513. The van der Waals surface area contributed by atoms with Crippen LogP contribution in [0.5, 0.6) is 0 Å². The number of benzene rings is 1. The van der Waals surface area contributed by atoms with Crippen LogP contribution in [0.15, 0.2) is 36.8 Å². The van der Waals surface area contributed by atoms with Crippen LogP contribution in [0.2, 0.25) is 0 Å². The monoisotopic (exact) mass is 283 g/mol. The van der Waals surface area contributed by atoms with Crippen molar-refractivity contribution in [1.29, 1.82) is 0 Å². The van der Waals surface area contributed by atoms with E-state index in [0.29, 0.717) is 13.1 Å². The second-order valence-electron chi connectivity index (χ2n) is 4.49. The summed E-state index contributed by atoms with van der Waals surface area (Å²) in [5.74, 6) is 0. The largest absolute Gasteiger partial charge is 0.416 e. The van der Waals surface area contributed by atoms with Crippen LogP contribution in [0.1, 0.15) is 23.7 Å². The molecule has 6 heteroatoms. The smallest absolute Gasteiger partial charge is 0.329 e. The van der Waals surface area contributed by atoms with Gasteiger partial charge in [-0.15, -0.1) is 0 Å². The fourth-order valence-corrected chi connectivity index (χ4v) is 1.89. The summed E-state index contributed by atoms with van der Waals surface area (Å²) in [6.45, 7) is 4.07. The van der Waals surface area contributed by atoms with Gasteiger partial charge in [0, 0.05) is 19.3 Å². The zero-order chi connectivity index (χ0) is 14.6. The van der Waals surface area contributed by atoms with Crippen molar-refractivity contribution in [1.82, 2.24) is 14.9 Å². The molecule has 0 aliphatic rings. The third-order valence-electron chi connectivity index (χ3n) is 2.99. The quantitative estimate of drug-likeness (QED) is 0.914. The first-order valence-corrected chi connectivity index (χ1v) is 6.36. The van der Waals surface area contributed by atoms with Crippen LogP contribution < -0.4 is 5.32 Å². The molecule has 0 bridgehead atoms. The molecule has 3 nitrogen and oxygen atoms in total. The molecule has 0 radical (unpaired) electrons. The summed E-state index contributed by atoms with van der Waals surface area (Å²) in [5, 5.41) is 3.20. The normalized spacial score (nSPS) is 11.8. The Kier molecular flexibility index (Phi) is 4.44. The highest BCUT2D eigenvalue weighted by Crippen LogP contribution is 2.29. The first-order chi connectivity index (χ1) is 9.50. The third-order valence-corrected chi connectivity index (χ3v) is 2.99. The van der Waals surface area contributed by atoms with Crippen molar-refractivity contribution in [3.05, 3.63) is 53.6 Å². The van der Waals surface area contributed by atoms with E-state index in [1.165, 1.54) is 12.1 Å². The average Bonchev–Trinajstić information content (AvgIpc) is 2.83. The number of rotatable bonds is 5. The van der Waals surface area contributed by atoms with E-state index in [0.717, 1.165) is 29.9 Å². The predicted octanol–water partition coefficient (Wildman–Crippen LogP) is 3.06. The molecule has 0 saturated heterocycles. The van der Waals surface area contributed by atoms with Gasteiger partial charge >= 0.3 is 6.18 Å². The molecule has 1 heterocycles. The molecule has 1 aromatic carbocycles. The van der Waals surface area contributed by atoms with Crippen molar-refractivity contribution in [3.63, 3.8) is 0 Å². The molecule has 0 spiro atoms. The standard InChI is InChI=1S/C14H16F3N3/c1-2-18-7-13-8-19-10-20(13)9-11-3-5-12(6-4-11)14(15,16)17/h3-6,8,10,18H,2,7,9H2,1H3. The summed E-state index contributed by atoms with van der Waals surface area (Å²) in [7, 11) is 0. The van der Waals surface area contributed by atoms with Crippen LogP contribution in [-0.4, -0.2) is 16.1 Å². The van der Waals surface area contributed by atoms with Crippen molar-refractivity contribution in [2.75, 3.05) is 6.54 Å². The van der Waals surface area contributed by atoms with Crippen LogP contribution in [0.25, 0.3) is 0 Å². The van der Waals surface area contributed by atoms with Gasteiger partial charge in [-0.1, -0.05) is 19.1 Å².